The monoisotopic (exact) mass is 1660 g/mol. The first-order chi connectivity index (χ1) is 48.0. The van der Waals surface area contributed by atoms with E-state index < -0.39 is 54.9 Å². The van der Waals surface area contributed by atoms with Crippen molar-refractivity contribution < 1.29 is 90.2 Å². The minimum atomic E-state index is -3.92. The number of amides is 4. The Hall–Kier alpha value is -8.65. The van der Waals surface area contributed by atoms with E-state index in [1.54, 1.807) is 38.1 Å². The van der Waals surface area contributed by atoms with E-state index in [0.717, 1.165) is 88.4 Å². The molecule has 6 aromatic carbocycles. The SMILES string of the molecule is C=c1ccc2c(c1)Oc1cc(N(CC)CC)ccc1C=2c1ccccc1.CCC(C)(C)C(=O)OCCCNS(=O)(=O)c1ccc(N=NC2C(=O)N(C)C(=O)N(C)C2=O)cc1.CCC(C)(C)C(=O)Oc1ccc(N=Nc2ccc(C)cc2)cc1.CCNCCCOC(=O)C(C)(C)CC.CS(=O)(=O)[O-].[CH3-].[CH3-].[W+2]. The number of barbiturate groups is 1. The Kier molecular flexibility index (Phi) is 39.8. The van der Waals surface area contributed by atoms with E-state index in [4.69, 9.17) is 31.9 Å². The zero-order valence-corrected chi connectivity index (χ0v) is 68.6. The van der Waals surface area contributed by atoms with Gasteiger partial charge in [0.25, 0.3) is 11.8 Å². The number of benzene rings is 6. The molecule has 2 N–H and O–H groups in total. The topological polar surface area (TPSA) is 314 Å². The van der Waals surface area contributed by atoms with Crippen LogP contribution >= 0.6 is 0 Å². The fraction of sp³-hybridized carbons (Fsp3) is 0.410. The molecular weight excluding hydrogens is 1550 g/mol. The molecule has 2 aliphatic heterocycles. The van der Waals surface area contributed by atoms with E-state index in [2.05, 4.69) is 111 Å². The number of esters is 3. The van der Waals surface area contributed by atoms with Crippen molar-refractivity contribution in [2.75, 3.05) is 71.2 Å². The van der Waals surface area contributed by atoms with Crippen LogP contribution in [0.15, 0.2) is 165 Å². The number of nitrogens with one attached hydrogen (secondary N) is 2. The van der Waals surface area contributed by atoms with Gasteiger partial charge in [-0.15, -0.1) is 0 Å². The number of aryl methyl sites for hydroxylation is 1. The molecule has 0 atom stereocenters. The number of hydrogen-bond acceptors (Lipinski definition) is 21. The number of nitrogens with zero attached hydrogens (tertiary/aromatic N) is 7. The number of azo groups is 2. The number of carbonyl (C=O) groups excluding carboxylic acids is 6. The number of anilines is 1. The number of imide groups is 2. The zero-order valence-electron chi connectivity index (χ0n) is 64.0. The zero-order chi connectivity index (χ0) is 76.2. The molecule has 24 nitrogen and oxygen atoms in total. The maximum absolute atomic E-state index is 12.4. The molecule has 0 aliphatic carbocycles. The Morgan fingerprint density at radius 1 is 0.619 bits per heavy atom. The molecule has 8 rings (SSSR count). The van der Waals surface area contributed by atoms with Gasteiger partial charge in [0.1, 0.15) is 17.2 Å². The molecule has 572 valence electrons. The van der Waals surface area contributed by atoms with Crippen molar-refractivity contribution >= 4 is 90.8 Å². The molecule has 0 spiro atoms. The third kappa shape index (κ3) is 30.0. The van der Waals surface area contributed by atoms with Crippen molar-refractivity contribution in [2.24, 2.45) is 36.7 Å². The standard InChI is InChI=1S/C24H23NO.C21H29N5O7S.C19H22N2O2.C11H23NO2.CH4O3S.2CH3.W/c1-4-25(5-2)19-12-14-21-23(16-19)26-22-15-17(3)11-13-20(22)24(21)18-9-7-6-8-10-18;1-6-21(2,3)19(29)33-13-7-12-22-34(31,32)15-10-8-14(9-11-15)23-24-16-17(27)25(4)20(30)26(5)18(16)28;1-5-19(3,4)18(22)23-17-12-10-16(11-13-17)21-20-15-8-6-14(2)7-9-15;1-5-11(3,4)10(13)14-9-7-8-12-6-2;1-5(2,3)4;;;/h6-16H,3-5H2,1-2H3;8-11,16,22H,6-7,12-13H2,1-5H3;6-13H,5H2,1-4H3;12H,5-9H2,1-4H3;1H3,(H,2,3,4);2*1H3;/q;;;;;2*-1;+2/p-1. The van der Waals surface area contributed by atoms with Gasteiger partial charge in [-0.25, -0.2) is 26.4 Å². The van der Waals surface area contributed by atoms with Crippen molar-refractivity contribution in [2.45, 2.75) is 133 Å². The first kappa shape index (κ1) is 94.4. The second-order valence-electron chi connectivity index (χ2n) is 25.8. The summed E-state index contributed by atoms with van der Waals surface area (Å²) >= 11 is 0. The number of rotatable bonds is 26. The van der Waals surface area contributed by atoms with Crippen molar-refractivity contribution in [1.82, 2.24) is 19.8 Å². The molecule has 0 saturated carbocycles. The van der Waals surface area contributed by atoms with Crippen LogP contribution in [0.5, 0.6) is 17.2 Å². The second-order valence-corrected chi connectivity index (χ2v) is 29.0. The van der Waals surface area contributed by atoms with Crippen LogP contribution in [0.3, 0.4) is 0 Å². The van der Waals surface area contributed by atoms with E-state index in [1.807, 2.05) is 97.9 Å². The largest absolute Gasteiger partial charge is 2.00 e. The van der Waals surface area contributed by atoms with Gasteiger partial charge >= 0.3 is 45.0 Å². The number of carbonyl (C=O) groups is 6. The van der Waals surface area contributed by atoms with Gasteiger partial charge in [0.05, 0.1) is 61.5 Å². The molecule has 0 unspecified atom stereocenters. The fourth-order valence-electron chi connectivity index (χ4n) is 8.87. The van der Waals surface area contributed by atoms with Crippen LogP contribution in [-0.2, 0) is 74.7 Å². The Morgan fingerprint density at radius 2 is 1.09 bits per heavy atom. The smallest absolute Gasteiger partial charge is 0.748 e. The number of urea groups is 1. The van der Waals surface area contributed by atoms with Crippen LogP contribution < -0.4 is 34.8 Å². The average Bonchev–Trinajstić information content (AvgIpc) is 0.755. The third-order valence-corrected chi connectivity index (χ3v) is 18.1. The van der Waals surface area contributed by atoms with E-state index in [9.17, 15) is 37.2 Å². The van der Waals surface area contributed by atoms with Crippen LogP contribution in [0.25, 0.3) is 12.2 Å². The molecule has 2 heterocycles. The molecule has 0 radical (unpaired) electrons. The van der Waals surface area contributed by atoms with Crippen LogP contribution in [0, 0.1) is 38.0 Å². The Morgan fingerprint density at radius 3 is 1.57 bits per heavy atom. The van der Waals surface area contributed by atoms with Crippen molar-refractivity contribution in [3.05, 3.63) is 182 Å². The van der Waals surface area contributed by atoms with E-state index in [1.165, 1.54) is 60.7 Å². The quantitative estimate of drug-likeness (QED) is 0.00968. The molecule has 105 heavy (non-hydrogen) atoms. The van der Waals surface area contributed by atoms with Crippen molar-refractivity contribution in [1.29, 1.82) is 0 Å². The molecule has 27 heteroatoms. The summed E-state index contributed by atoms with van der Waals surface area (Å²) in [6.07, 6.45) is 3.99. The van der Waals surface area contributed by atoms with Gasteiger partial charge in [0.2, 0.25) is 16.1 Å². The molecular formula is C78H106N9O15S2W-. The van der Waals surface area contributed by atoms with Gasteiger partial charge in [-0.2, -0.15) is 20.5 Å². The number of sulfonamides is 1. The number of likely N-dealkylation sites (N-methyl/N-ethyl adjacent to an activating group) is 2. The first-order valence-electron chi connectivity index (χ1n) is 33.8. The number of fused-ring (bicyclic) bond motifs is 2. The van der Waals surface area contributed by atoms with Gasteiger partial charge in [0, 0.05) is 68.1 Å². The first-order valence-corrected chi connectivity index (χ1v) is 37.1. The summed E-state index contributed by atoms with van der Waals surface area (Å²) in [5.74, 6) is 0.0562. The molecule has 0 bridgehead atoms. The van der Waals surface area contributed by atoms with Gasteiger partial charge in [-0.3, -0.25) is 33.8 Å². The Balaban J connectivity index is 0.000000701. The van der Waals surface area contributed by atoms with Gasteiger partial charge < -0.3 is 48.6 Å². The van der Waals surface area contributed by atoms with Crippen molar-refractivity contribution in [3.63, 3.8) is 0 Å². The summed E-state index contributed by atoms with van der Waals surface area (Å²) in [5.41, 5.74) is 6.25. The molecule has 2 aliphatic rings. The summed E-state index contributed by atoms with van der Waals surface area (Å²) in [7, 11) is -5.25. The maximum Gasteiger partial charge on any atom is 2.00 e. The van der Waals surface area contributed by atoms with Crippen LogP contribution in [0.1, 0.15) is 132 Å². The second kappa shape index (κ2) is 44.3. The molecule has 4 amide bonds. The van der Waals surface area contributed by atoms with Crippen LogP contribution in [0.2, 0.25) is 0 Å². The summed E-state index contributed by atoms with van der Waals surface area (Å²) in [6.45, 7) is 34.0. The predicted octanol–water partition coefficient (Wildman–Crippen LogP) is 13.9. The van der Waals surface area contributed by atoms with Crippen LogP contribution in [0.4, 0.5) is 27.5 Å². The summed E-state index contributed by atoms with van der Waals surface area (Å²) < 4.78 is 76.6. The fourth-order valence-corrected chi connectivity index (χ4v) is 9.94. The van der Waals surface area contributed by atoms with Crippen LogP contribution in [-0.4, -0.2) is 139 Å². The summed E-state index contributed by atoms with van der Waals surface area (Å²) in [6, 6.07) is 41.1. The average molecular weight is 1660 g/mol. The summed E-state index contributed by atoms with van der Waals surface area (Å²) in [4.78, 5) is 75.3. The van der Waals surface area contributed by atoms with E-state index in [0.29, 0.717) is 37.1 Å². The molecule has 6 aromatic rings. The minimum Gasteiger partial charge on any atom is -0.748 e. The van der Waals surface area contributed by atoms with Crippen molar-refractivity contribution in [3.8, 4) is 17.2 Å². The molecule has 1 saturated heterocycles. The van der Waals surface area contributed by atoms with E-state index >= 15 is 0 Å². The molecule has 1 fully saturated rings. The van der Waals surface area contributed by atoms with Gasteiger partial charge in [-0.1, -0.05) is 94.4 Å². The third-order valence-electron chi connectivity index (χ3n) is 16.6. The Bertz CT molecular complexity index is 4180. The normalized spacial score (nSPS) is 12.8. The predicted molar refractivity (Wildman–Crippen MR) is 408 cm³/mol. The minimum absolute atomic E-state index is 0. The van der Waals surface area contributed by atoms with Gasteiger partial charge in [0.15, 0.2) is 0 Å². The number of hydrogen-bond donors (Lipinski definition) is 2. The van der Waals surface area contributed by atoms with Gasteiger partial charge in [-0.05, 0) is 197 Å². The molecule has 0 aromatic heterocycles. The maximum atomic E-state index is 12.4. The number of ether oxygens (including phenoxy) is 4. The Labute approximate surface area is 636 Å². The summed E-state index contributed by atoms with van der Waals surface area (Å²) in [5, 5.41) is 21.2. The van der Waals surface area contributed by atoms with E-state index in [-0.39, 0.29) is 83.0 Å².